The van der Waals surface area contributed by atoms with E-state index in [4.69, 9.17) is 4.52 Å². The van der Waals surface area contributed by atoms with Crippen LogP contribution in [0.5, 0.6) is 0 Å². The van der Waals surface area contributed by atoms with Crippen LogP contribution in [0.3, 0.4) is 0 Å². The van der Waals surface area contributed by atoms with Gasteiger partial charge in [0.2, 0.25) is 17.6 Å². The number of carbonyl (C=O) groups is 1. The largest absolute Gasteiger partial charge is 0.353 e. The number of hydrogen-bond donors (Lipinski definition) is 2. The minimum Gasteiger partial charge on any atom is -0.353 e. The van der Waals surface area contributed by atoms with Crippen molar-refractivity contribution in [1.29, 1.82) is 0 Å². The van der Waals surface area contributed by atoms with Gasteiger partial charge in [-0.3, -0.25) is 10.1 Å². The zero-order chi connectivity index (χ0) is 14.1. The van der Waals surface area contributed by atoms with Gasteiger partial charge in [-0.25, -0.2) is 8.78 Å². The Kier molecular flexibility index (Phi) is 3.15. The predicted octanol–water partition coefficient (Wildman–Crippen LogP) is 0.775. The van der Waals surface area contributed by atoms with Crippen LogP contribution >= 0.6 is 0 Å². The highest BCUT2D eigenvalue weighted by Crippen LogP contribution is 2.21. The number of nitrogens with one attached hydrogen (secondary N) is 2. The van der Waals surface area contributed by atoms with Crippen molar-refractivity contribution in [1.82, 2.24) is 20.8 Å². The Hall–Kier alpha value is -2.35. The molecule has 1 unspecified atom stereocenters. The van der Waals surface area contributed by atoms with E-state index in [0.29, 0.717) is 6.54 Å². The van der Waals surface area contributed by atoms with Crippen molar-refractivity contribution < 1.29 is 18.1 Å². The summed E-state index contributed by atoms with van der Waals surface area (Å²) in [6.07, 6.45) is 0. The fourth-order valence-electron chi connectivity index (χ4n) is 1.92. The molecule has 0 bridgehead atoms. The summed E-state index contributed by atoms with van der Waals surface area (Å²) >= 11 is 0. The Bertz CT molecular complexity index is 628. The summed E-state index contributed by atoms with van der Waals surface area (Å²) < 4.78 is 31.3. The van der Waals surface area contributed by atoms with Crippen LogP contribution in [0.1, 0.15) is 11.9 Å². The first-order chi connectivity index (χ1) is 9.61. The van der Waals surface area contributed by atoms with Crippen molar-refractivity contribution in [3.63, 3.8) is 0 Å². The number of hydrogen-bond acceptors (Lipinski definition) is 5. The lowest BCUT2D eigenvalue weighted by molar-refractivity contribution is -0.121. The van der Waals surface area contributed by atoms with Crippen molar-refractivity contribution in [2.45, 2.75) is 6.04 Å². The fraction of sp³-hybridized carbons (Fsp3) is 0.250. The van der Waals surface area contributed by atoms with Crippen LogP contribution in [0.25, 0.3) is 11.4 Å². The predicted molar refractivity (Wildman–Crippen MR) is 63.4 cm³/mol. The Morgan fingerprint density at radius 2 is 2.00 bits per heavy atom. The fourth-order valence-corrected chi connectivity index (χ4v) is 1.92. The van der Waals surface area contributed by atoms with Gasteiger partial charge < -0.3 is 9.84 Å². The molecule has 1 aromatic heterocycles. The third kappa shape index (κ3) is 2.50. The molecule has 1 fully saturated rings. The molecule has 0 spiro atoms. The second-order valence-corrected chi connectivity index (χ2v) is 4.35. The van der Waals surface area contributed by atoms with Gasteiger partial charge >= 0.3 is 0 Å². The number of rotatable bonds is 2. The van der Waals surface area contributed by atoms with E-state index < -0.39 is 11.6 Å². The lowest BCUT2D eigenvalue weighted by Crippen LogP contribution is -2.47. The monoisotopic (exact) mass is 280 g/mol. The molecular weight excluding hydrogens is 270 g/mol. The first-order valence-corrected chi connectivity index (χ1v) is 5.92. The molecule has 1 aliphatic heterocycles. The van der Waals surface area contributed by atoms with Crippen LogP contribution in [-0.4, -0.2) is 29.1 Å². The van der Waals surface area contributed by atoms with Gasteiger partial charge in [0, 0.05) is 18.2 Å². The highest BCUT2D eigenvalue weighted by atomic mass is 19.1. The van der Waals surface area contributed by atoms with E-state index in [2.05, 4.69) is 20.8 Å². The van der Waals surface area contributed by atoms with Gasteiger partial charge in [-0.1, -0.05) is 5.16 Å². The Balaban J connectivity index is 1.84. The van der Waals surface area contributed by atoms with Gasteiger partial charge in [-0.2, -0.15) is 4.98 Å². The molecule has 1 aromatic carbocycles. The molecule has 20 heavy (non-hydrogen) atoms. The minimum absolute atomic E-state index is 0.0945. The quantitative estimate of drug-likeness (QED) is 0.849. The molecule has 0 aliphatic carbocycles. The zero-order valence-electron chi connectivity index (χ0n) is 10.2. The van der Waals surface area contributed by atoms with E-state index in [9.17, 15) is 13.6 Å². The first-order valence-electron chi connectivity index (χ1n) is 5.92. The molecule has 2 heterocycles. The Morgan fingerprint density at radius 1 is 1.25 bits per heavy atom. The van der Waals surface area contributed by atoms with Gasteiger partial charge in [-0.15, -0.1) is 0 Å². The highest BCUT2D eigenvalue weighted by molar-refractivity contribution is 5.78. The van der Waals surface area contributed by atoms with E-state index in [1.54, 1.807) is 0 Å². The molecule has 1 saturated heterocycles. The summed E-state index contributed by atoms with van der Waals surface area (Å²) in [5, 5.41) is 9.26. The molecule has 104 valence electrons. The van der Waals surface area contributed by atoms with Crippen molar-refractivity contribution in [3.8, 4) is 11.4 Å². The maximum Gasteiger partial charge on any atom is 0.245 e. The summed E-state index contributed by atoms with van der Waals surface area (Å²) in [7, 11) is 0. The normalized spacial score (nSPS) is 18.9. The molecule has 8 heteroatoms. The molecule has 0 radical (unpaired) electrons. The summed E-state index contributed by atoms with van der Waals surface area (Å²) in [5.74, 6) is -1.20. The lowest BCUT2D eigenvalue weighted by Gasteiger charge is -2.20. The van der Waals surface area contributed by atoms with Gasteiger partial charge in [0.05, 0.1) is 6.54 Å². The average molecular weight is 280 g/mol. The molecule has 1 atom stereocenters. The molecule has 1 amide bonds. The minimum atomic E-state index is -0.714. The van der Waals surface area contributed by atoms with E-state index in [1.807, 2.05) is 0 Å². The summed E-state index contributed by atoms with van der Waals surface area (Å²) in [6.45, 7) is 0.467. The number of nitrogens with zero attached hydrogens (tertiary/aromatic N) is 2. The number of benzene rings is 1. The molecule has 1 aliphatic rings. The van der Waals surface area contributed by atoms with Crippen LogP contribution in [0, 0.1) is 11.6 Å². The number of aromatic nitrogens is 2. The topological polar surface area (TPSA) is 80.1 Å². The standard InChI is InChI=1S/C12H10F2N4O2/c13-7-1-6(2-8(14)3-7)11-17-12(20-18-11)9-4-16-10(19)5-15-9/h1-3,9,15H,4-5H2,(H,16,19). The van der Waals surface area contributed by atoms with Gasteiger partial charge in [-0.05, 0) is 12.1 Å². The summed E-state index contributed by atoms with van der Waals surface area (Å²) in [4.78, 5) is 15.1. The van der Waals surface area contributed by atoms with Crippen LogP contribution < -0.4 is 10.6 Å². The van der Waals surface area contributed by atoms with Gasteiger partial charge in [0.15, 0.2) is 0 Å². The Morgan fingerprint density at radius 3 is 2.65 bits per heavy atom. The smallest absolute Gasteiger partial charge is 0.245 e. The highest BCUT2D eigenvalue weighted by Gasteiger charge is 2.24. The average Bonchev–Trinajstić information content (AvgIpc) is 2.88. The van der Waals surface area contributed by atoms with Crippen LogP contribution in [0.2, 0.25) is 0 Å². The Labute approximate surface area is 112 Å². The van der Waals surface area contributed by atoms with Crippen molar-refractivity contribution >= 4 is 5.91 Å². The maximum absolute atomic E-state index is 13.1. The van der Waals surface area contributed by atoms with E-state index in [0.717, 1.165) is 18.2 Å². The van der Waals surface area contributed by atoms with Gasteiger partial charge in [0.1, 0.15) is 17.7 Å². The zero-order valence-corrected chi connectivity index (χ0v) is 10.2. The molecule has 3 rings (SSSR count). The molecule has 2 N–H and O–H groups in total. The van der Waals surface area contributed by atoms with Crippen molar-refractivity contribution in [2.75, 3.05) is 13.1 Å². The second kappa shape index (κ2) is 4.97. The molecule has 6 nitrogen and oxygen atoms in total. The summed E-state index contributed by atoms with van der Waals surface area (Å²) in [5.41, 5.74) is 0.192. The van der Waals surface area contributed by atoms with E-state index in [1.165, 1.54) is 0 Å². The third-order valence-electron chi connectivity index (χ3n) is 2.87. The SMILES string of the molecule is O=C1CNC(c2nc(-c3cc(F)cc(F)c3)no2)CN1. The van der Waals surface area contributed by atoms with Crippen LogP contribution in [0.4, 0.5) is 8.78 Å². The lowest BCUT2D eigenvalue weighted by atomic mass is 10.2. The first kappa shape index (κ1) is 12.7. The van der Waals surface area contributed by atoms with E-state index in [-0.39, 0.29) is 35.8 Å². The van der Waals surface area contributed by atoms with Crippen molar-refractivity contribution in [2.24, 2.45) is 0 Å². The number of amides is 1. The van der Waals surface area contributed by atoms with E-state index >= 15 is 0 Å². The molecular formula is C12H10F2N4O2. The molecule has 2 aromatic rings. The number of carbonyl (C=O) groups excluding carboxylic acids is 1. The second-order valence-electron chi connectivity index (χ2n) is 4.35. The maximum atomic E-state index is 13.1. The number of halogens is 2. The van der Waals surface area contributed by atoms with Gasteiger partial charge in [0.25, 0.3) is 0 Å². The number of piperazine rings is 1. The van der Waals surface area contributed by atoms with Crippen LogP contribution in [-0.2, 0) is 4.79 Å². The third-order valence-corrected chi connectivity index (χ3v) is 2.87. The molecule has 0 saturated carbocycles. The van der Waals surface area contributed by atoms with Crippen molar-refractivity contribution in [3.05, 3.63) is 35.7 Å². The summed E-state index contributed by atoms with van der Waals surface area (Å²) in [6, 6.07) is 2.69. The van der Waals surface area contributed by atoms with Crippen LogP contribution in [0.15, 0.2) is 22.7 Å².